The van der Waals surface area contributed by atoms with Gasteiger partial charge in [0, 0.05) is 19.3 Å². The van der Waals surface area contributed by atoms with Crippen LogP contribution in [-0.4, -0.2) is 40.1 Å². The van der Waals surface area contributed by atoms with Gasteiger partial charge in [0.25, 0.3) is 0 Å². The van der Waals surface area contributed by atoms with Crippen LogP contribution in [0.15, 0.2) is 12.3 Å². The van der Waals surface area contributed by atoms with E-state index in [4.69, 9.17) is 11.1 Å². The van der Waals surface area contributed by atoms with Gasteiger partial charge in [0.05, 0.1) is 6.10 Å². The SMILES string of the molecule is N=C(N)c1ccnc(N2CCC(O)CC2)n1. The van der Waals surface area contributed by atoms with E-state index in [-0.39, 0.29) is 11.9 Å². The second kappa shape index (κ2) is 4.44. The molecule has 1 aliphatic heterocycles. The molecule has 0 unspecified atom stereocenters. The molecule has 0 saturated carbocycles. The number of nitrogens with zero attached hydrogens (tertiary/aromatic N) is 3. The molecule has 6 nitrogen and oxygen atoms in total. The zero-order chi connectivity index (χ0) is 11.5. The van der Waals surface area contributed by atoms with Crippen LogP contribution in [0.1, 0.15) is 18.5 Å². The summed E-state index contributed by atoms with van der Waals surface area (Å²) in [6.07, 6.45) is 2.85. The third kappa shape index (κ3) is 2.27. The Bertz CT molecular complexity index is 387. The van der Waals surface area contributed by atoms with Crippen molar-refractivity contribution in [2.75, 3.05) is 18.0 Å². The van der Waals surface area contributed by atoms with Crippen molar-refractivity contribution in [2.45, 2.75) is 18.9 Å². The number of nitrogen functional groups attached to an aromatic ring is 1. The molecule has 1 aromatic heterocycles. The van der Waals surface area contributed by atoms with Crippen molar-refractivity contribution in [3.8, 4) is 0 Å². The van der Waals surface area contributed by atoms with Gasteiger partial charge in [-0.3, -0.25) is 5.41 Å². The van der Waals surface area contributed by atoms with Crippen molar-refractivity contribution in [3.63, 3.8) is 0 Å². The predicted octanol–water partition coefficient (Wildman–Crippen LogP) is -0.278. The van der Waals surface area contributed by atoms with E-state index in [9.17, 15) is 5.11 Å². The summed E-state index contributed by atoms with van der Waals surface area (Å²) < 4.78 is 0. The number of nitrogens with two attached hydrogens (primary N) is 1. The van der Waals surface area contributed by atoms with Gasteiger partial charge in [-0.1, -0.05) is 0 Å². The van der Waals surface area contributed by atoms with Gasteiger partial charge < -0.3 is 15.7 Å². The normalized spacial score (nSPS) is 17.4. The largest absolute Gasteiger partial charge is 0.393 e. The van der Waals surface area contributed by atoms with Crippen LogP contribution in [0, 0.1) is 5.41 Å². The van der Waals surface area contributed by atoms with Gasteiger partial charge in [0.1, 0.15) is 11.5 Å². The van der Waals surface area contributed by atoms with Crippen molar-refractivity contribution in [3.05, 3.63) is 18.0 Å². The second-order valence-electron chi connectivity index (χ2n) is 3.87. The van der Waals surface area contributed by atoms with Gasteiger partial charge in [0.2, 0.25) is 5.95 Å². The van der Waals surface area contributed by atoms with Crippen LogP contribution in [0.4, 0.5) is 5.95 Å². The molecule has 0 spiro atoms. The van der Waals surface area contributed by atoms with E-state index in [2.05, 4.69) is 9.97 Å². The first kappa shape index (κ1) is 10.8. The molecular weight excluding hydrogens is 206 g/mol. The molecule has 86 valence electrons. The Hall–Kier alpha value is -1.69. The minimum atomic E-state index is -0.216. The molecule has 0 bridgehead atoms. The van der Waals surface area contributed by atoms with Crippen LogP contribution in [0.2, 0.25) is 0 Å². The van der Waals surface area contributed by atoms with Gasteiger partial charge in [-0.05, 0) is 18.9 Å². The third-order valence-corrected chi connectivity index (χ3v) is 2.67. The Morgan fingerprint density at radius 1 is 1.50 bits per heavy atom. The van der Waals surface area contributed by atoms with Crippen LogP contribution < -0.4 is 10.6 Å². The van der Waals surface area contributed by atoms with Crippen molar-refractivity contribution < 1.29 is 5.11 Å². The molecule has 0 atom stereocenters. The number of aliphatic hydroxyl groups excluding tert-OH is 1. The molecule has 1 aromatic rings. The van der Waals surface area contributed by atoms with E-state index in [1.54, 1.807) is 12.3 Å². The van der Waals surface area contributed by atoms with Crippen molar-refractivity contribution in [1.82, 2.24) is 9.97 Å². The molecule has 6 heteroatoms. The lowest BCUT2D eigenvalue weighted by atomic mass is 10.1. The summed E-state index contributed by atoms with van der Waals surface area (Å²) in [5.74, 6) is 0.528. The number of hydrogen-bond donors (Lipinski definition) is 3. The summed E-state index contributed by atoms with van der Waals surface area (Å²) >= 11 is 0. The summed E-state index contributed by atoms with van der Waals surface area (Å²) in [5, 5.41) is 16.7. The first-order valence-electron chi connectivity index (χ1n) is 5.27. The monoisotopic (exact) mass is 221 g/mol. The number of aromatic nitrogens is 2. The number of piperidine rings is 1. The second-order valence-corrected chi connectivity index (χ2v) is 3.87. The molecule has 0 amide bonds. The average Bonchev–Trinajstić information content (AvgIpc) is 2.30. The zero-order valence-electron chi connectivity index (χ0n) is 8.93. The summed E-state index contributed by atoms with van der Waals surface area (Å²) in [5.41, 5.74) is 5.81. The van der Waals surface area contributed by atoms with Crippen molar-refractivity contribution in [2.24, 2.45) is 5.73 Å². The minimum Gasteiger partial charge on any atom is -0.393 e. The summed E-state index contributed by atoms with van der Waals surface area (Å²) in [7, 11) is 0. The summed E-state index contributed by atoms with van der Waals surface area (Å²) in [6.45, 7) is 1.48. The fourth-order valence-electron chi connectivity index (χ4n) is 1.72. The smallest absolute Gasteiger partial charge is 0.225 e. The van der Waals surface area contributed by atoms with Crippen LogP contribution >= 0.6 is 0 Å². The lowest BCUT2D eigenvalue weighted by Crippen LogP contribution is -2.37. The lowest BCUT2D eigenvalue weighted by molar-refractivity contribution is 0.145. The average molecular weight is 221 g/mol. The standard InChI is InChI=1S/C10H15N5O/c11-9(12)8-1-4-13-10(14-8)15-5-2-7(16)3-6-15/h1,4,7,16H,2-3,5-6H2,(H3,11,12). The highest BCUT2D eigenvalue weighted by atomic mass is 16.3. The first-order valence-corrected chi connectivity index (χ1v) is 5.27. The highest BCUT2D eigenvalue weighted by Gasteiger charge is 2.19. The number of anilines is 1. The molecule has 1 fully saturated rings. The van der Waals surface area contributed by atoms with Gasteiger partial charge in [0.15, 0.2) is 0 Å². The maximum atomic E-state index is 9.40. The van der Waals surface area contributed by atoms with Gasteiger partial charge in [-0.25, -0.2) is 9.97 Å². The van der Waals surface area contributed by atoms with Gasteiger partial charge >= 0.3 is 0 Å². The lowest BCUT2D eigenvalue weighted by Gasteiger charge is -2.29. The van der Waals surface area contributed by atoms with E-state index >= 15 is 0 Å². The Kier molecular flexibility index (Phi) is 3.00. The fraction of sp³-hybridized carbons (Fsp3) is 0.500. The summed E-state index contributed by atoms with van der Waals surface area (Å²) in [6, 6.07) is 1.62. The number of hydrogen-bond acceptors (Lipinski definition) is 5. The molecule has 0 radical (unpaired) electrons. The number of amidine groups is 1. The Morgan fingerprint density at radius 2 is 2.19 bits per heavy atom. The predicted molar refractivity (Wildman–Crippen MR) is 60.5 cm³/mol. The molecule has 1 saturated heterocycles. The van der Waals surface area contributed by atoms with E-state index < -0.39 is 0 Å². The van der Waals surface area contributed by atoms with Crippen LogP contribution in [0.25, 0.3) is 0 Å². The van der Waals surface area contributed by atoms with Gasteiger partial charge in [-0.15, -0.1) is 0 Å². The zero-order valence-corrected chi connectivity index (χ0v) is 8.93. The van der Waals surface area contributed by atoms with Crippen molar-refractivity contribution >= 4 is 11.8 Å². The van der Waals surface area contributed by atoms with E-state index in [1.807, 2.05) is 4.90 Å². The molecule has 2 rings (SSSR count). The maximum absolute atomic E-state index is 9.40. The maximum Gasteiger partial charge on any atom is 0.225 e. The summed E-state index contributed by atoms with van der Waals surface area (Å²) in [4.78, 5) is 10.4. The number of aliphatic hydroxyl groups is 1. The number of rotatable bonds is 2. The van der Waals surface area contributed by atoms with E-state index in [0.29, 0.717) is 11.6 Å². The topological polar surface area (TPSA) is 99.1 Å². The Labute approximate surface area is 93.6 Å². The highest BCUT2D eigenvalue weighted by molar-refractivity contribution is 5.93. The Balaban J connectivity index is 2.14. The molecule has 1 aliphatic rings. The van der Waals surface area contributed by atoms with Crippen LogP contribution in [0.5, 0.6) is 0 Å². The van der Waals surface area contributed by atoms with Crippen molar-refractivity contribution in [1.29, 1.82) is 5.41 Å². The number of nitrogens with one attached hydrogen (secondary N) is 1. The van der Waals surface area contributed by atoms with Gasteiger partial charge in [-0.2, -0.15) is 0 Å². The molecular formula is C10H15N5O. The van der Waals surface area contributed by atoms with Crippen LogP contribution in [0.3, 0.4) is 0 Å². The molecule has 0 aromatic carbocycles. The third-order valence-electron chi connectivity index (χ3n) is 2.67. The first-order chi connectivity index (χ1) is 7.66. The molecule has 0 aliphatic carbocycles. The van der Waals surface area contributed by atoms with Crippen LogP contribution in [-0.2, 0) is 0 Å². The molecule has 4 N–H and O–H groups in total. The minimum absolute atomic E-state index is 0.0549. The quantitative estimate of drug-likeness (QED) is 0.471. The highest BCUT2D eigenvalue weighted by Crippen LogP contribution is 2.15. The van der Waals surface area contributed by atoms with E-state index in [1.165, 1.54) is 0 Å². The van der Waals surface area contributed by atoms with E-state index in [0.717, 1.165) is 25.9 Å². The molecule has 16 heavy (non-hydrogen) atoms. The molecule has 2 heterocycles. The Morgan fingerprint density at radius 3 is 2.81 bits per heavy atom. The fourth-order valence-corrected chi connectivity index (χ4v) is 1.72.